The highest BCUT2D eigenvalue weighted by Gasteiger charge is 2.16. The van der Waals surface area contributed by atoms with Gasteiger partial charge in [0.1, 0.15) is 5.82 Å². The molecule has 1 aromatic heterocycles. The zero-order valence-electron chi connectivity index (χ0n) is 10.3. The molecule has 0 amide bonds. The lowest BCUT2D eigenvalue weighted by Gasteiger charge is -2.17. The number of rotatable bonds is 4. The van der Waals surface area contributed by atoms with Crippen molar-refractivity contribution >= 4 is 22.9 Å². The van der Waals surface area contributed by atoms with Crippen molar-refractivity contribution in [2.24, 2.45) is 0 Å². The maximum Gasteiger partial charge on any atom is 0.123 e. The first-order chi connectivity index (χ1) is 8.60. The summed E-state index contributed by atoms with van der Waals surface area (Å²) >= 11 is 7.49. The Morgan fingerprint density at radius 2 is 2.11 bits per heavy atom. The molecule has 0 radical (unpaired) electrons. The van der Waals surface area contributed by atoms with Gasteiger partial charge in [0.2, 0.25) is 0 Å². The molecular weight excluding hydrogens is 269 g/mol. The number of thiophene rings is 1. The number of nitrogens with one attached hydrogen (secondary N) is 1. The second kappa shape index (κ2) is 5.83. The van der Waals surface area contributed by atoms with E-state index in [-0.39, 0.29) is 11.9 Å². The first kappa shape index (κ1) is 13.5. The van der Waals surface area contributed by atoms with E-state index in [2.05, 4.69) is 5.32 Å². The maximum absolute atomic E-state index is 13.5. The molecule has 1 atom stereocenters. The second-order valence-electron chi connectivity index (χ2n) is 4.19. The quantitative estimate of drug-likeness (QED) is 0.868. The highest BCUT2D eigenvalue weighted by atomic mass is 35.5. The van der Waals surface area contributed by atoms with Gasteiger partial charge in [-0.3, -0.25) is 0 Å². The normalized spacial score (nSPS) is 12.7. The van der Waals surface area contributed by atoms with Crippen LogP contribution in [-0.4, -0.2) is 6.54 Å². The number of hydrogen-bond acceptors (Lipinski definition) is 2. The fraction of sp³-hybridized carbons (Fsp3) is 0.286. The fourth-order valence-corrected chi connectivity index (χ4v) is 3.17. The van der Waals surface area contributed by atoms with E-state index in [0.717, 1.165) is 26.9 Å². The van der Waals surface area contributed by atoms with E-state index in [1.54, 1.807) is 6.07 Å². The molecule has 1 unspecified atom stereocenters. The predicted octanol–water partition coefficient (Wildman–Crippen LogP) is 4.55. The highest BCUT2D eigenvalue weighted by Crippen LogP contribution is 2.31. The van der Waals surface area contributed by atoms with Crippen LogP contribution in [0.5, 0.6) is 0 Å². The average Bonchev–Trinajstić information content (AvgIpc) is 2.71. The van der Waals surface area contributed by atoms with E-state index in [1.807, 2.05) is 32.0 Å². The van der Waals surface area contributed by atoms with E-state index in [4.69, 9.17) is 11.6 Å². The fourth-order valence-electron chi connectivity index (χ4n) is 2.00. The minimum atomic E-state index is -0.199. The van der Waals surface area contributed by atoms with Crippen molar-refractivity contribution in [3.05, 3.63) is 56.5 Å². The monoisotopic (exact) mass is 283 g/mol. The number of halogens is 2. The number of aryl methyl sites for hydroxylation is 1. The molecule has 96 valence electrons. The molecule has 0 saturated carbocycles. The zero-order valence-corrected chi connectivity index (χ0v) is 11.9. The van der Waals surface area contributed by atoms with Crippen LogP contribution in [0, 0.1) is 12.7 Å². The summed E-state index contributed by atoms with van der Waals surface area (Å²) in [5, 5.41) is 3.37. The van der Waals surface area contributed by atoms with Crippen LogP contribution >= 0.6 is 22.9 Å². The van der Waals surface area contributed by atoms with Crippen LogP contribution in [0.3, 0.4) is 0 Å². The lowest BCUT2D eigenvalue weighted by atomic mass is 10.0. The summed E-state index contributed by atoms with van der Waals surface area (Å²) < 4.78 is 14.3. The van der Waals surface area contributed by atoms with Gasteiger partial charge in [-0.2, -0.15) is 0 Å². The molecule has 1 nitrogen and oxygen atoms in total. The molecule has 2 aromatic rings. The largest absolute Gasteiger partial charge is 0.306 e. The molecule has 18 heavy (non-hydrogen) atoms. The Bertz CT molecular complexity index is 518. The molecule has 1 N–H and O–H groups in total. The summed E-state index contributed by atoms with van der Waals surface area (Å²) in [6.45, 7) is 4.75. The van der Waals surface area contributed by atoms with E-state index < -0.39 is 0 Å². The molecular formula is C14H15ClFNS. The van der Waals surface area contributed by atoms with Crippen LogP contribution in [-0.2, 0) is 0 Å². The van der Waals surface area contributed by atoms with Gasteiger partial charge in [0.05, 0.1) is 10.4 Å². The third-order valence-electron chi connectivity index (χ3n) is 2.68. The summed E-state index contributed by atoms with van der Waals surface area (Å²) in [5.41, 5.74) is 1.86. The van der Waals surface area contributed by atoms with Crippen LogP contribution in [0.1, 0.15) is 29.0 Å². The number of hydrogen-bond donors (Lipinski definition) is 1. The molecule has 0 saturated heterocycles. The van der Waals surface area contributed by atoms with Crippen molar-refractivity contribution in [2.75, 3.05) is 6.54 Å². The van der Waals surface area contributed by atoms with Crippen molar-refractivity contribution in [2.45, 2.75) is 19.9 Å². The first-order valence-electron chi connectivity index (χ1n) is 5.86. The van der Waals surface area contributed by atoms with Crippen LogP contribution in [0.4, 0.5) is 4.39 Å². The number of benzene rings is 1. The summed E-state index contributed by atoms with van der Waals surface area (Å²) in [7, 11) is 0. The third-order valence-corrected chi connectivity index (χ3v) is 3.98. The predicted molar refractivity (Wildman–Crippen MR) is 76.0 cm³/mol. The third kappa shape index (κ3) is 3.10. The Morgan fingerprint density at radius 1 is 1.33 bits per heavy atom. The molecule has 0 bridgehead atoms. The Morgan fingerprint density at radius 3 is 2.67 bits per heavy atom. The van der Waals surface area contributed by atoms with E-state index in [9.17, 15) is 4.39 Å². The van der Waals surface area contributed by atoms with Gasteiger partial charge < -0.3 is 5.32 Å². The minimum absolute atomic E-state index is 0.00176. The highest BCUT2D eigenvalue weighted by molar-refractivity contribution is 7.16. The van der Waals surface area contributed by atoms with Gasteiger partial charge in [0, 0.05) is 4.88 Å². The van der Waals surface area contributed by atoms with Crippen molar-refractivity contribution in [1.29, 1.82) is 0 Å². The van der Waals surface area contributed by atoms with Gasteiger partial charge in [-0.15, -0.1) is 11.3 Å². The molecule has 1 aromatic carbocycles. The van der Waals surface area contributed by atoms with Gasteiger partial charge in [-0.1, -0.05) is 24.6 Å². The van der Waals surface area contributed by atoms with Crippen LogP contribution < -0.4 is 5.32 Å². The lowest BCUT2D eigenvalue weighted by Crippen LogP contribution is -2.21. The second-order valence-corrected chi connectivity index (χ2v) is 5.94. The first-order valence-corrected chi connectivity index (χ1v) is 7.05. The Balaban J connectivity index is 2.40. The van der Waals surface area contributed by atoms with Crippen molar-refractivity contribution in [3.8, 4) is 0 Å². The average molecular weight is 284 g/mol. The molecule has 0 spiro atoms. The Labute approximate surface area is 116 Å². The summed E-state index contributed by atoms with van der Waals surface area (Å²) in [6.07, 6.45) is 0. The van der Waals surface area contributed by atoms with Crippen LogP contribution in [0.15, 0.2) is 30.3 Å². The Kier molecular flexibility index (Phi) is 4.38. The smallest absolute Gasteiger partial charge is 0.123 e. The summed E-state index contributed by atoms with van der Waals surface area (Å²) in [4.78, 5) is 1.10. The molecule has 0 aliphatic rings. The Hall–Kier alpha value is -0.900. The molecule has 2 rings (SSSR count). The maximum atomic E-state index is 13.5. The van der Waals surface area contributed by atoms with Gasteiger partial charge in [0.25, 0.3) is 0 Å². The standard InChI is InChI=1S/C14H15ClFNS/c1-3-17-14(12-4-5-13(15)18-12)10-6-9(2)7-11(16)8-10/h4-8,14,17H,3H2,1-2H3. The van der Waals surface area contributed by atoms with Gasteiger partial charge >= 0.3 is 0 Å². The zero-order chi connectivity index (χ0) is 13.1. The minimum Gasteiger partial charge on any atom is -0.306 e. The van der Waals surface area contributed by atoms with E-state index in [1.165, 1.54) is 17.4 Å². The molecule has 0 fully saturated rings. The molecule has 0 aliphatic heterocycles. The van der Waals surface area contributed by atoms with Gasteiger partial charge in [-0.25, -0.2) is 4.39 Å². The molecule has 4 heteroatoms. The van der Waals surface area contributed by atoms with E-state index in [0.29, 0.717) is 0 Å². The summed E-state index contributed by atoms with van der Waals surface area (Å²) in [6, 6.07) is 8.98. The topological polar surface area (TPSA) is 12.0 Å². The summed E-state index contributed by atoms with van der Waals surface area (Å²) in [5.74, 6) is -0.199. The van der Waals surface area contributed by atoms with E-state index >= 15 is 0 Å². The van der Waals surface area contributed by atoms with Crippen LogP contribution in [0.25, 0.3) is 0 Å². The van der Waals surface area contributed by atoms with Crippen molar-refractivity contribution in [1.82, 2.24) is 5.32 Å². The molecule has 1 heterocycles. The lowest BCUT2D eigenvalue weighted by molar-refractivity contribution is 0.605. The molecule has 0 aliphatic carbocycles. The van der Waals surface area contributed by atoms with Gasteiger partial charge in [0.15, 0.2) is 0 Å². The van der Waals surface area contributed by atoms with Crippen molar-refractivity contribution in [3.63, 3.8) is 0 Å². The van der Waals surface area contributed by atoms with Crippen molar-refractivity contribution < 1.29 is 4.39 Å². The SMILES string of the molecule is CCNC(c1cc(C)cc(F)c1)c1ccc(Cl)s1. The van der Waals surface area contributed by atoms with Gasteiger partial charge in [-0.05, 0) is 48.9 Å². The van der Waals surface area contributed by atoms with Crippen LogP contribution in [0.2, 0.25) is 4.34 Å².